The molecule has 1 aromatic carbocycles. The van der Waals surface area contributed by atoms with Gasteiger partial charge in [0.2, 0.25) is 15.2 Å². The summed E-state index contributed by atoms with van der Waals surface area (Å²) in [4.78, 5) is 17.6. The molecule has 1 saturated carbocycles. The Morgan fingerprint density at radius 1 is 1.10 bits per heavy atom. The van der Waals surface area contributed by atoms with Crippen LogP contribution in [-0.2, 0) is 14.8 Å². The second kappa shape index (κ2) is 12.7. The SMILES string of the molecule is CCNS(=O)(=O)c1cc(Nc2nnc(C(C)C)s2)ccc1-c1cnc(C2CCC(NC(=O)OC(C)C)CC2)s1. The molecule has 2 heterocycles. The minimum atomic E-state index is -3.75. The summed E-state index contributed by atoms with van der Waals surface area (Å²) >= 11 is 2.97. The van der Waals surface area contributed by atoms with Gasteiger partial charge in [-0.05, 0) is 51.7 Å². The van der Waals surface area contributed by atoms with E-state index in [9.17, 15) is 13.2 Å². The lowest BCUT2D eigenvalue weighted by Crippen LogP contribution is -2.38. The second-order valence-corrected chi connectivity index (χ2v) is 14.0. The van der Waals surface area contributed by atoms with Gasteiger partial charge in [0.1, 0.15) is 5.01 Å². The van der Waals surface area contributed by atoms with Crippen LogP contribution in [0.3, 0.4) is 0 Å². The number of aromatic nitrogens is 3. The van der Waals surface area contributed by atoms with E-state index in [0.29, 0.717) is 16.4 Å². The van der Waals surface area contributed by atoms with Gasteiger partial charge < -0.3 is 15.4 Å². The fourth-order valence-electron chi connectivity index (χ4n) is 4.44. The first kappa shape index (κ1) is 29.4. The Morgan fingerprint density at radius 3 is 2.49 bits per heavy atom. The number of carbonyl (C=O) groups excluding carboxylic acids is 1. The molecule has 10 nitrogen and oxygen atoms in total. The normalized spacial score (nSPS) is 17.9. The van der Waals surface area contributed by atoms with Gasteiger partial charge in [-0.25, -0.2) is 22.9 Å². The van der Waals surface area contributed by atoms with Crippen LogP contribution < -0.4 is 15.4 Å². The molecule has 3 aromatic rings. The molecule has 0 radical (unpaired) electrons. The number of nitrogens with zero attached hydrogens (tertiary/aromatic N) is 3. The van der Waals surface area contributed by atoms with Crippen LogP contribution in [0.15, 0.2) is 29.3 Å². The summed E-state index contributed by atoms with van der Waals surface area (Å²) < 4.78 is 34.2. The maximum absolute atomic E-state index is 13.2. The topological polar surface area (TPSA) is 135 Å². The molecule has 1 fully saturated rings. The summed E-state index contributed by atoms with van der Waals surface area (Å²) in [6.07, 6.45) is 4.72. The van der Waals surface area contributed by atoms with Crippen molar-refractivity contribution in [2.75, 3.05) is 11.9 Å². The van der Waals surface area contributed by atoms with Crippen molar-refractivity contribution < 1.29 is 17.9 Å². The van der Waals surface area contributed by atoms with Crippen LogP contribution in [0.4, 0.5) is 15.6 Å². The molecule has 0 saturated heterocycles. The third-order valence-electron chi connectivity index (χ3n) is 6.32. The maximum Gasteiger partial charge on any atom is 0.407 e. The molecule has 4 rings (SSSR count). The molecular weight excluding hydrogens is 557 g/mol. The number of alkyl carbamates (subject to hydrolysis) is 1. The first-order valence-corrected chi connectivity index (χ1v) is 16.3. The van der Waals surface area contributed by atoms with Crippen LogP contribution in [-0.4, -0.2) is 48.4 Å². The van der Waals surface area contributed by atoms with Crippen molar-refractivity contribution in [2.24, 2.45) is 0 Å². The Balaban J connectivity index is 1.52. The maximum atomic E-state index is 13.2. The molecule has 2 aromatic heterocycles. The van der Waals surface area contributed by atoms with Gasteiger partial charge in [0, 0.05) is 41.9 Å². The number of benzene rings is 1. The van der Waals surface area contributed by atoms with Crippen LogP contribution in [0, 0.1) is 0 Å². The molecule has 0 atom stereocenters. The largest absolute Gasteiger partial charge is 0.447 e. The highest BCUT2D eigenvalue weighted by molar-refractivity contribution is 7.89. The van der Waals surface area contributed by atoms with Crippen LogP contribution >= 0.6 is 22.7 Å². The summed E-state index contributed by atoms with van der Waals surface area (Å²) in [6.45, 7) is 9.80. The predicted octanol–water partition coefficient (Wildman–Crippen LogP) is 5.99. The van der Waals surface area contributed by atoms with Crippen molar-refractivity contribution in [1.82, 2.24) is 25.2 Å². The number of thiazole rings is 1. The minimum Gasteiger partial charge on any atom is -0.447 e. The first-order chi connectivity index (χ1) is 18.6. The van der Waals surface area contributed by atoms with Crippen LogP contribution in [0.1, 0.15) is 82.2 Å². The van der Waals surface area contributed by atoms with E-state index in [1.165, 1.54) is 22.7 Å². The van der Waals surface area contributed by atoms with Gasteiger partial charge in [-0.1, -0.05) is 38.2 Å². The fourth-order valence-corrected chi connectivity index (χ4v) is 7.68. The lowest BCUT2D eigenvalue weighted by Gasteiger charge is -2.28. The van der Waals surface area contributed by atoms with Gasteiger partial charge in [-0.2, -0.15) is 0 Å². The summed E-state index contributed by atoms with van der Waals surface area (Å²) in [5, 5.41) is 17.0. The molecular formula is C26H36N6O4S3. The molecule has 39 heavy (non-hydrogen) atoms. The Labute approximate surface area is 238 Å². The lowest BCUT2D eigenvalue weighted by molar-refractivity contribution is 0.109. The number of sulfonamides is 1. The minimum absolute atomic E-state index is 0.0912. The number of hydrogen-bond acceptors (Lipinski definition) is 10. The number of anilines is 2. The van der Waals surface area contributed by atoms with Crippen molar-refractivity contribution in [3.8, 4) is 10.4 Å². The van der Waals surface area contributed by atoms with E-state index in [2.05, 4.69) is 44.4 Å². The Bertz CT molecular complexity index is 1380. The quantitative estimate of drug-likeness (QED) is 0.261. The second-order valence-electron chi connectivity index (χ2n) is 10.1. The summed E-state index contributed by atoms with van der Waals surface area (Å²) in [5.74, 6) is 0.531. The Morgan fingerprint density at radius 2 is 1.85 bits per heavy atom. The molecule has 1 aliphatic rings. The summed E-state index contributed by atoms with van der Waals surface area (Å²) in [7, 11) is -3.75. The van der Waals surface area contributed by atoms with Crippen molar-refractivity contribution >= 4 is 49.6 Å². The van der Waals surface area contributed by atoms with Gasteiger partial charge in [0.25, 0.3) is 0 Å². The van der Waals surface area contributed by atoms with Crippen LogP contribution in [0.2, 0.25) is 0 Å². The third-order valence-corrected chi connectivity index (χ3v) is 10.2. The van der Waals surface area contributed by atoms with Crippen LogP contribution in [0.25, 0.3) is 10.4 Å². The summed E-state index contributed by atoms with van der Waals surface area (Å²) in [5.41, 5.74) is 1.23. The Hall–Kier alpha value is -2.61. The highest BCUT2D eigenvalue weighted by Crippen LogP contribution is 2.40. The zero-order valence-electron chi connectivity index (χ0n) is 22.9. The molecule has 0 unspecified atom stereocenters. The monoisotopic (exact) mass is 592 g/mol. The molecule has 1 amide bonds. The number of carbonyl (C=O) groups is 1. The molecule has 0 bridgehead atoms. The van der Waals surface area contributed by atoms with Gasteiger partial charge in [-0.15, -0.1) is 21.5 Å². The molecule has 1 aliphatic carbocycles. The fraction of sp³-hybridized carbons (Fsp3) is 0.538. The average Bonchev–Trinajstić information content (AvgIpc) is 3.54. The van der Waals surface area contributed by atoms with Crippen molar-refractivity contribution in [2.45, 2.75) is 89.2 Å². The van der Waals surface area contributed by atoms with Crippen molar-refractivity contribution in [1.29, 1.82) is 0 Å². The number of amides is 1. The van der Waals surface area contributed by atoms with E-state index in [1.807, 2.05) is 26.0 Å². The number of hydrogen-bond donors (Lipinski definition) is 3. The van der Waals surface area contributed by atoms with Gasteiger partial charge >= 0.3 is 6.09 Å². The number of rotatable bonds is 10. The van der Waals surface area contributed by atoms with E-state index >= 15 is 0 Å². The number of ether oxygens (including phenoxy) is 1. The molecule has 3 N–H and O–H groups in total. The zero-order valence-corrected chi connectivity index (χ0v) is 25.3. The molecule has 212 valence electrons. The van der Waals surface area contributed by atoms with E-state index in [4.69, 9.17) is 4.74 Å². The van der Waals surface area contributed by atoms with E-state index < -0.39 is 10.0 Å². The van der Waals surface area contributed by atoms with E-state index in [-0.39, 0.29) is 41.5 Å². The smallest absolute Gasteiger partial charge is 0.407 e. The van der Waals surface area contributed by atoms with Gasteiger partial charge in [0.15, 0.2) is 0 Å². The number of nitrogens with one attached hydrogen (secondary N) is 3. The Kier molecular flexibility index (Phi) is 9.57. The predicted molar refractivity (Wildman–Crippen MR) is 155 cm³/mol. The van der Waals surface area contributed by atoms with Crippen molar-refractivity contribution in [3.63, 3.8) is 0 Å². The van der Waals surface area contributed by atoms with E-state index in [1.54, 1.807) is 19.2 Å². The molecule has 13 heteroatoms. The first-order valence-electron chi connectivity index (χ1n) is 13.2. The standard InChI is InChI=1S/C26H36N6O4S3/c1-6-28-39(34,35)22-13-19(29-25-32-31-23(38-25)15(2)3)11-12-20(22)21-14-27-24(37-21)17-7-9-18(10-8-17)30-26(33)36-16(4)5/h11-18,28H,6-10H2,1-5H3,(H,29,32)(H,30,33). The average molecular weight is 593 g/mol. The van der Waals surface area contributed by atoms with Crippen molar-refractivity contribution in [3.05, 3.63) is 34.4 Å². The lowest BCUT2D eigenvalue weighted by atomic mass is 9.86. The highest BCUT2D eigenvalue weighted by atomic mass is 32.2. The summed E-state index contributed by atoms with van der Waals surface area (Å²) in [6, 6.07) is 5.39. The van der Waals surface area contributed by atoms with E-state index in [0.717, 1.165) is 40.6 Å². The van der Waals surface area contributed by atoms with Gasteiger partial charge in [-0.3, -0.25) is 0 Å². The molecule has 0 spiro atoms. The third kappa shape index (κ3) is 7.53. The molecule has 0 aliphatic heterocycles. The van der Waals surface area contributed by atoms with Gasteiger partial charge in [0.05, 0.1) is 20.9 Å². The van der Waals surface area contributed by atoms with Crippen LogP contribution in [0.5, 0.6) is 0 Å². The zero-order chi connectivity index (χ0) is 28.2. The highest BCUT2D eigenvalue weighted by Gasteiger charge is 2.27.